The van der Waals surface area contributed by atoms with Crippen LogP contribution in [0.25, 0.3) is 10.9 Å². The van der Waals surface area contributed by atoms with Crippen LogP contribution in [0.1, 0.15) is 28.7 Å². The van der Waals surface area contributed by atoms with Crippen molar-refractivity contribution < 1.29 is 9.53 Å². The van der Waals surface area contributed by atoms with E-state index in [0.717, 1.165) is 33.5 Å². The number of carbonyl (C=O) groups excluding carboxylic acids is 1. The van der Waals surface area contributed by atoms with E-state index in [4.69, 9.17) is 4.74 Å². The maximum Gasteiger partial charge on any atom is 0.225 e. The number of rotatable bonds is 8. The van der Waals surface area contributed by atoms with E-state index in [1.165, 1.54) is 0 Å². The first-order valence-electron chi connectivity index (χ1n) is 10.9. The molecule has 0 aliphatic rings. The number of nitrogens with one attached hydrogen (secondary N) is 2. The van der Waals surface area contributed by atoms with Crippen molar-refractivity contribution in [1.82, 2.24) is 20.3 Å². The van der Waals surface area contributed by atoms with E-state index in [9.17, 15) is 4.79 Å². The van der Waals surface area contributed by atoms with Crippen LogP contribution in [0.2, 0.25) is 0 Å². The van der Waals surface area contributed by atoms with Crippen molar-refractivity contribution in [3.63, 3.8) is 0 Å². The first kappa shape index (κ1) is 22.3. The summed E-state index contributed by atoms with van der Waals surface area (Å²) in [5.74, 6) is 2.08. The Morgan fingerprint density at radius 1 is 1.09 bits per heavy atom. The number of methoxy groups -OCH3 is 1. The molecule has 0 spiro atoms. The molecule has 2 N–H and O–H groups in total. The zero-order chi connectivity index (χ0) is 23.4. The molecule has 7 nitrogen and oxygen atoms in total. The molecule has 0 saturated heterocycles. The van der Waals surface area contributed by atoms with Gasteiger partial charge in [0.05, 0.1) is 25.3 Å². The van der Waals surface area contributed by atoms with Gasteiger partial charge < -0.3 is 19.9 Å². The van der Waals surface area contributed by atoms with Crippen LogP contribution >= 0.6 is 0 Å². The Morgan fingerprint density at radius 3 is 2.64 bits per heavy atom. The molecule has 1 unspecified atom stereocenters. The predicted octanol–water partition coefficient (Wildman–Crippen LogP) is 3.98. The minimum Gasteiger partial charge on any atom is -0.496 e. The summed E-state index contributed by atoms with van der Waals surface area (Å²) in [6.07, 6.45) is 2.83. The van der Waals surface area contributed by atoms with Gasteiger partial charge >= 0.3 is 0 Å². The van der Waals surface area contributed by atoms with E-state index in [1.807, 2.05) is 80.6 Å². The molecule has 0 aliphatic carbocycles. The third-order valence-corrected chi connectivity index (χ3v) is 5.64. The van der Waals surface area contributed by atoms with Crippen molar-refractivity contribution in [2.75, 3.05) is 26.1 Å². The Hall–Kier alpha value is -3.87. The van der Waals surface area contributed by atoms with Gasteiger partial charge in [-0.05, 0) is 24.6 Å². The molecule has 0 saturated carbocycles. The fourth-order valence-electron chi connectivity index (χ4n) is 4.00. The lowest BCUT2D eigenvalue weighted by molar-refractivity contribution is -0.121. The number of amides is 1. The number of hydrogen-bond donors (Lipinski definition) is 2. The van der Waals surface area contributed by atoms with E-state index in [0.29, 0.717) is 18.0 Å². The molecule has 7 heteroatoms. The van der Waals surface area contributed by atoms with Crippen LogP contribution in [0, 0.1) is 6.92 Å². The predicted molar refractivity (Wildman–Crippen MR) is 131 cm³/mol. The minimum atomic E-state index is -0.313. The van der Waals surface area contributed by atoms with E-state index in [2.05, 4.69) is 26.3 Å². The van der Waals surface area contributed by atoms with Gasteiger partial charge in [0.2, 0.25) is 5.91 Å². The van der Waals surface area contributed by atoms with Gasteiger partial charge in [0.25, 0.3) is 0 Å². The van der Waals surface area contributed by atoms with E-state index in [1.54, 1.807) is 7.11 Å². The fourth-order valence-corrected chi connectivity index (χ4v) is 4.00. The Bertz CT molecular complexity index is 1260. The molecule has 33 heavy (non-hydrogen) atoms. The number of aromatic amines is 1. The molecule has 2 heterocycles. The lowest BCUT2D eigenvalue weighted by atomic mass is 10.0. The van der Waals surface area contributed by atoms with Crippen molar-refractivity contribution in [2.45, 2.75) is 25.8 Å². The van der Waals surface area contributed by atoms with Crippen LogP contribution in [0.4, 0.5) is 5.82 Å². The number of aromatic nitrogens is 3. The molecule has 0 fully saturated rings. The number of anilines is 1. The maximum absolute atomic E-state index is 13.1. The lowest BCUT2D eigenvalue weighted by Gasteiger charge is -2.21. The number of carbonyl (C=O) groups is 1. The van der Waals surface area contributed by atoms with Gasteiger partial charge in [-0.1, -0.05) is 36.4 Å². The third-order valence-electron chi connectivity index (χ3n) is 5.64. The molecule has 1 atom stereocenters. The van der Waals surface area contributed by atoms with Crippen LogP contribution in [-0.4, -0.2) is 42.1 Å². The smallest absolute Gasteiger partial charge is 0.225 e. The summed E-state index contributed by atoms with van der Waals surface area (Å²) >= 11 is 0. The standard InChI is InChI=1S/C26H29N5O2/c1-17-28-23(15-25(29-17)31(2)3)22(13-19-16-27-21-11-7-6-10-20(19)21)30-26(32)14-18-9-5-8-12-24(18)33-4/h5-12,15-16,22,27H,13-14H2,1-4H3,(H,30,32). The van der Waals surface area contributed by atoms with Crippen molar-refractivity contribution in [1.29, 1.82) is 0 Å². The highest BCUT2D eigenvalue weighted by Gasteiger charge is 2.21. The largest absolute Gasteiger partial charge is 0.496 e. The molecule has 2 aromatic heterocycles. The number of aryl methyl sites for hydroxylation is 1. The summed E-state index contributed by atoms with van der Waals surface area (Å²) in [6, 6.07) is 17.4. The van der Waals surface area contributed by atoms with Crippen LogP contribution in [0.5, 0.6) is 5.75 Å². The molecule has 2 aromatic carbocycles. The molecular formula is C26H29N5O2. The summed E-state index contributed by atoms with van der Waals surface area (Å²) in [5.41, 5.74) is 3.82. The van der Waals surface area contributed by atoms with Gasteiger partial charge in [0.15, 0.2) is 0 Å². The van der Waals surface area contributed by atoms with Gasteiger partial charge in [-0.3, -0.25) is 4.79 Å². The van der Waals surface area contributed by atoms with Crippen molar-refractivity contribution in [2.24, 2.45) is 0 Å². The van der Waals surface area contributed by atoms with Gasteiger partial charge in [0.1, 0.15) is 17.4 Å². The van der Waals surface area contributed by atoms with Crippen molar-refractivity contribution >= 4 is 22.6 Å². The zero-order valence-electron chi connectivity index (χ0n) is 19.4. The number of hydrogen-bond acceptors (Lipinski definition) is 5. The number of para-hydroxylation sites is 2. The third kappa shape index (κ3) is 5.14. The Kier molecular flexibility index (Phi) is 6.58. The summed E-state index contributed by atoms with van der Waals surface area (Å²) in [4.78, 5) is 27.6. The molecule has 0 aliphatic heterocycles. The average molecular weight is 444 g/mol. The van der Waals surface area contributed by atoms with Gasteiger partial charge in [-0.2, -0.15) is 0 Å². The summed E-state index contributed by atoms with van der Waals surface area (Å²) in [5, 5.41) is 4.35. The Morgan fingerprint density at radius 2 is 1.85 bits per heavy atom. The second-order valence-corrected chi connectivity index (χ2v) is 8.26. The molecule has 0 bridgehead atoms. The number of benzene rings is 2. The number of fused-ring (bicyclic) bond motifs is 1. The molecular weight excluding hydrogens is 414 g/mol. The summed E-state index contributed by atoms with van der Waals surface area (Å²) in [6.45, 7) is 1.87. The summed E-state index contributed by atoms with van der Waals surface area (Å²) in [7, 11) is 5.50. The van der Waals surface area contributed by atoms with E-state index in [-0.39, 0.29) is 18.4 Å². The quantitative estimate of drug-likeness (QED) is 0.430. The number of H-pyrrole nitrogens is 1. The van der Waals surface area contributed by atoms with Crippen LogP contribution in [0.3, 0.4) is 0 Å². The normalized spacial score (nSPS) is 11.9. The fraction of sp³-hybridized carbons (Fsp3) is 0.269. The van der Waals surface area contributed by atoms with Crippen molar-refractivity contribution in [3.05, 3.63) is 83.4 Å². The molecule has 0 radical (unpaired) electrons. The second kappa shape index (κ2) is 9.73. The molecule has 4 aromatic rings. The highest BCUT2D eigenvalue weighted by molar-refractivity contribution is 5.83. The van der Waals surface area contributed by atoms with Crippen LogP contribution < -0.4 is 15.0 Å². The van der Waals surface area contributed by atoms with Gasteiger partial charge in [-0.15, -0.1) is 0 Å². The zero-order valence-corrected chi connectivity index (χ0v) is 19.4. The van der Waals surface area contributed by atoms with E-state index < -0.39 is 0 Å². The molecule has 1 amide bonds. The van der Waals surface area contributed by atoms with Gasteiger partial charge in [-0.25, -0.2) is 9.97 Å². The molecule has 4 rings (SSSR count). The molecule has 170 valence electrons. The highest BCUT2D eigenvalue weighted by atomic mass is 16.5. The minimum absolute atomic E-state index is 0.0907. The topological polar surface area (TPSA) is 83.1 Å². The second-order valence-electron chi connectivity index (χ2n) is 8.26. The number of ether oxygens (including phenoxy) is 1. The lowest BCUT2D eigenvalue weighted by Crippen LogP contribution is -2.32. The maximum atomic E-state index is 13.1. The Balaban J connectivity index is 1.66. The first-order chi connectivity index (χ1) is 15.9. The van der Waals surface area contributed by atoms with Gasteiger partial charge in [0, 0.05) is 49.2 Å². The Labute approximate surface area is 193 Å². The number of nitrogens with zero attached hydrogens (tertiary/aromatic N) is 3. The SMILES string of the molecule is COc1ccccc1CC(=O)NC(Cc1c[nH]c2ccccc12)c1cc(N(C)C)nc(C)n1. The first-order valence-corrected chi connectivity index (χ1v) is 10.9. The monoisotopic (exact) mass is 443 g/mol. The van der Waals surface area contributed by atoms with Crippen LogP contribution in [-0.2, 0) is 17.6 Å². The summed E-state index contributed by atoms with van der Waals surface area (Å²) < 4.78 is 5.42. The van der Waals surface area contributed by atoms with Crippen molar-refractivity contribution in [3.8, 4) is 5.75 Å². The highest BCUT2D eigenvalue weighted by Crippen LogP contribution is 2.26. The average Bonchev–Trinajstić information content (AvgIpc) is 3.21. The van der Waals surface area contributed by atoms with E-state index >= 15 is 0 Å². The van der Waals surface area contributed by atoms with Crippen LogP contribution in [0.15, 0.2) is 60.8 Å².